The van der Waals surface area contributed by atoms with E-state index in [2.05, 4.69) is 59.4 Å². The van der Waals surface area contributed by atoms with Gasteiger partial charge in [-0.3, -0.25) is 0 Å². The highest BCUT2D eigenvalue weighted by molar-refractivity contribution is 7.80. The van der Waals surface area contributed by atoms with Crippen LogP contribution in [-0.2, 0) is 0 Å². The molecule has 0 amide bonds. The van der Waals surface area contributed by atoms with Crippen molar-refractivity contribution in [3.05, 3.63) is 28.8 Å². The van der Waals surface area contributed by atoms with Crippen LogP contribution in [-0.4, -0.2) is 12.4 Å². The molecule has 0 aromatic heterocycles. The van der Waals surface area contributed by atoms with Crippen molar-refractivity contribution in [1.82, 2.24) is 0 Å². The highest BCUT2D eigenvalue weighted by atomic mass is 32.1. The summed E-state index contributed by atoms with van der Waals surface area (Å²) in [6, 6.07) is 4.32. The van der Waals surface area contributed by atoms with Gasteiger partial charge >= 0.3 is 0 Å². The molecule has 0 aliphatic heterocycles. The summed E-state index contributed by atoms with van der Waals surface area (Å²) in [6.45, 7) is 11.7. The smallest absolute Gasteiger partial charge is 0.125 e. The largest absolute Gasteiger partial charge is 0.492 e. The third kappa shape index (κ3) is 4.18. The number of aryl methyl sites for hydroxylation is 2. The van der Waals surface area contributed by atoms with E-state index in [4.69, 9.17) is 4.74 Å². The van der Waals surface area contributed by atoms with Crippen molar-refractivity contribution in [3.63, 3.8) is 0 Å². The van der Waals surface area contributed by atoms with Crippen LogP contribution < -0.4 is 4.74 Å². The molecule has 0 fully saturated rings. The number of hydrogen-bond donors (Lipinski definition) is 1. The Bertz CT molecular complexity index is 420. The SMILES string of the molecule is CCCC(CS)(CCC)COc1c(C)ccc(C)c1C. The van der Waals surface area contributed by atoms with E-state index < -0.39 is 0 Å². The molecule has 0 saturated carbocycles. The third-order valence-electron chi connectivity index (χ3n) is 4.29. The van der Waals surface area contributed by atoms with Crippen molar-refractivity contribution in [2.75, 3.05) is 12.4 Å². The van der Waals surface area contributed by atoms with Crippen LogP contribution in [0.3, 0.4) is 0 Å². The summed E-state index contributed by atoms with van der Waals surface area (Å²) in [5, 5.41) is 0. The van der Waals surface area contributed by atoms with E-state index in [1.807, 2.05) is 0 Å². The fraction of sp³-hybridized carbons (Fsp3) is 0.667. The molecule has 114 valence electrons. The maximum atomic E-state index is 6.26. The summed E-state index contributed by atoms with van der Waals surface area (Å²) in [5.74, 6) is 1.97. The fourth-order valence-electron chi connectivity index (χ4n) is 2.91. The van der Waals surface area contributed by atoms with Gasteiger partial charge in [0.25, 0.3) is 0 Å². The van der Waals surface area contributed by atoms with Crippen molar-refractivity contribution in [2.45, 2.75) is 60.3 Å². The first kappa shape index (κ1) is 17.4. The van der Waals surface area contributed by atoms with Crippen molar-refractivity contribution < 1.29 is 4.74 Å². The van der Waals surface area contributed by atoms with Gasteiger partial charge in [0, 0.05) is 5.41 Å². The van der Waals surface area contributed by atoms with Gasteiger partial charge in [0.1, 0.15) is 5.75 Å². The van der Waals surface area contributed by atoms with Crippen LogP contribution in [0.4, 0.5) is 0 Å². The van der Waals surface area contributed by atoms with Gasteiger partial charge < -0.3 is 4.74 Å². The molecule has 0 radical (unpaired) electrons. The molecule has 0 saturated heterocycles. The topological polar surface area (TPSA) is 9.23 Å². The molecular weight excluding hydrogens is 264 g/mol. The Morgan fingerprint density at radius 2 is 1.55 bits per heavy atom. The molecule has 2 heteroatoms. The summed E-state index contributed by atoms with van der Waals surface area (Å²) in [5.41, 5.74) is 4.02. The lowest BCUT2D eigenvalue weighted by Gasteiger charge is -2.32. The van der Waals surface area contributed by atoms with E-state index in [0.29, 0.717) is 0 Å². The summed E-state index contributed by atoms with van der Waals surface area (Å²) >= 11 is 4.61. The van der Waals surface area contributed by atoms with Gasteiger partial charge in [0.05, 0.1) is 6.61 Å². The van der Waals surface area contributed by atoms with Crippen LogP contribution in [0.1, 0.15) is 56.2 Å². The van der Waals surface area contributed by atoms with E-state index in [0.717, 1.165) is 18.1 Å². The van der Waals surface area contributed by atoms with Gasteiger partial charge in [-0.2, -0.15) is 12.6 Å². The Hall–Kier alpha value is -0.630. The van der Waals surface area contributed by atoms with Crippen molar-refractivity contribution in [3.8, 4) is 5.75 Å². The minimum atomic E-state index is 0.217. The molecule has 0 aliphatic carbocycles. The highest BCUT2D eigenvalue weighted by Gasteiger charge is 2.28. The zero-order chi connectivity index (χ0) is 15.2. The molecule has 0 unspecified atom stereocenters. The van der Waals surface area contributed by atoms with Crippen LogP contribution in [0, 0.1) is 26.2 Å². The van der Waals surface area contributed by atoms with Gasteiger partial charge in [-0.25, -0.2) is 0 Å². The third-order valence-corrected chi connectivity index (χ3v) is 4.96. The molecular formula is C18H30OS. The second-order valence-corrected chi connectivity index (χ2v) is 6.42. The molecule has 0 heterocycles. The lowest BCUT2D eigenvalue weighted by molar-refractivity contribution is 0.142. The first-order valence-corrected chi connectivity index (χ1v) is 8.43. The zero-order valence-electron chi connectivity index (χ0n) is 13.8. The number of benzene rings is 1. The van der Waals surface area contributed by atoms with E-state index in [-0.39, 0.29) is 5.41 Å². The quantitative estimate of drug-likeness (QED) is 0.622. The van der Waals surface area contributed by atoms with E-state index in [1.165, 1.54) is 42.4 Å². The summed E-state index contributed by atoms with van der Waals surface area (Å²) < 4.78 is 6.26. The number of rotatable bonds is 8. The molecule has 1 nitrogen and oxygen atoms in total. The van der Waals surface area contributed by atoms with Gasteiger partial charge in [-0.05, 0) is 56.1 Å². The molecule has 0 N–H and O–H groups in total. The van der Waals surface area contributed by atoms with Crippen LogP contribution in [0.5, 0.6) is 5.75 Å². The lowest BCUT2D eigenvalue weighted by Crippen LogP contribution is -2.31. The van der Waals surface area contributed by atoms with E-state index in [9.17, 15) is 0 Å². The Kier molecular flexibility index (Phi) is 6.94. The maximum Gasteiger partial charge on any atom is 0.125 e. The number of ether oxygens (including phenoxy) is 1. The van der Waals surface area contributed by atoms with Gasteiger partial charge in [0.2, 0.25) is 0 Å². The summed E-state index contributed by atoms with van der Waals surface area (Å²) in [6.07, 6.45) is 4.76. The van der Waals surface area contributed by atoms with Gasteiger partial charge in [-0.1, -0.05) is 38.8 Å². The standard InChI is InChI=1S/C18H30OS/c1-6-10-18(13-20,11-7-2)12-19-17-15(4)9-8-14(3)16(17)5/h8-9,20H,6-7,10-13H2,1-5H3. The van der Waals surface area contributed by atoms with Gasteiger partial charge in [0.15, 0.2) is 0 Å². The Morgan fingerprint density at radius 3 is 2.05 bits per heavy atom. The first-order valence-electron chi connectivity index (χ1n) is 7.80. The predicted molar refractivity (Wildman–Crippen MR) is 92.3 cm³/mol. The maximum absolute atomic E-state index is 6.26. The minimum absolute atomic E-state index is 0.217. The van der Waals surface area contributed by atoms with Gasteiger partial charge in [-0.15, -0.1) is 0 Å². The summed E-state index contributed by atoms with van der Waals surface area (Å²) in [4.78, 5) is 0. The van der Waals surface area contributed by atoms with Crippen LogP contribution in [0.15, 0.2) is 12.1 Å². The van der Waals surface area contributed by atoms with Crippen LogP contribution in [0.25, 0.3) is 0 Å². The number of thiol groups is 1. The molecule has 0 bridgehead atoms. The minimum Gasteiger partial charge on any atom is -0.492 e. The zero-order valence-corrected chi connectivity index (χ0v) is 14.6. The predicted octanol–water partition coefficient (Wildman–Crippen LogP) is 5.51. The summed E-state index contributed by atoms with van der Waals surface area (Å²) in [7, 11) is 0. The van der Waals surface area contributed by atoms with Crippen LogP contribution in [0.2, 0.25) is 0 Å². The van der Waals surface area contributed by atoms with E-state index in [1.54, 1.807) is 0 Å². The molecule has 1 aromatic rings. The second-order valence-electron chi connectivity index (χ2n) is 6.10. The average molecular weight is 295 g/mol. The first-order chi connectivity index (χ1) is 9.49. The molecule has 0 aliphatic rings. The average Bonchev–Trinajstić information content (AvgIpc) is 2.43. The van der Waals surface area contributed by atoms with Crippen molar-refractivity contribution >= 4 is 12.6 Å². The second kappa shape index (κ2) is 7.97. The lowest BCUT2D eigenvalue weighted by atomic mass is 9.82. The monoisotopic (exact) mass is 294 g/mol. The van der Waals surface area contributed by atoms with Crippen molar-refractivity contribution in [1.29, 1.82) is 0 Å². The molecule has 1 aromatic carbocycles. The Labute approximate surface area is 130 Å². The Balaban J connectivity index is 2.90. The highest BCUT2D eigenvalue weighted by Crippen LogP contribution is 2.34. The Morgan fingerprint density at radius 1 is 1.00 bits per heavy atom. The molecule has 1 rings (SSSR count). The normalized spacial score (nSPS) is 11.7. The molecule has 0 atom stereocenters. The molecule has 20 heavy (non-hydrogen) atoms. The van der Waals surface area contributed by atoms with E-state index >= 15 is 0 Å². The van der Waals surface area contributed by atoms with Crippen LogP contribution >= 0.6 is 12.6 Å². The fourth-order valence-corrected chi connectivity index (χ4v) is 3.31. The molecule has 0 spiro atoms. The number of hydrogen-bond acceptors (Lipinski definition) is 2. The van der Waals surface area contributed by atoms with Crippen molar-refractivity contribution in [2.24, 2.45) is 5.41 Å².